The number of nitrogens with zero attached hydrogens (tertiary/aromatic N) is 1. The van der Waals surface area contributed by atoms with Gasteiger partial charge in [-0.15, -0.1) is 16.9 Å². The summed E-state index contributed by atoms with van der Waals surface area (Å²) < 4.78 is 6.02. The summed E-state index contributed by atoms with van der Waals surface area (Å²) in [6.45, 7) is 7.05. The van der Waals surface area contributed by atoms with Crippen molar-refractivity contribution in [2.75, 3.05) is 13.2 Å². The van der Waals surface area contributed by atoms with Crippen LogP contribution in [0, 0.1) is 0 Å². The van der Waals surface area contributed by atoms with Crippen LogP contribution in [0.3, 0.4) is 0 Å². The van der Waals surface area contributed by atoms with E-state index in [-0.39, 0.29) is 31.5 Å². The molecule has 0 aliphatic carbocycles. The molecule has 1 aliphatic heterocycles. The van der Waals surface area contributed by atoms with Crippen molar-refractivity contribution in [3.63, 3.8) is 0 Å². The van der Waals surface area contributed by atoms with Gasteiger partial charge in [-0.2, -0.15) is 0 Å². The summed E-state index contributed by atoms with van der Waals surface area (Å²) in [7, 11) is 0. The maximum atomic E-state index is 12.0. The number of aromatic nitrogens is 2. The van der Waals surface area contributed by atoms with E-state index in [0.717, 1.165) is 34.1 Å². The number of carbonyl (C=O) groups is 1. The molecule has 1 aliphatic rings. The summed E-state index contributed by atoms with van der Waals surface area (Å²) >= 11 is 1.06. The van der Waals surface area contributed by atoms with Crippen LogP contribution in [0.25, 0.3) is 6.08 Å². The van der Waals surface area contributed by atoms with Crippen LogP contribution >= 0.6 is 11.8 Å². The third kappa shape index (κ3) is 7.58. The number of H-pyrrole nitrogens is 1. The molecule has 1 amide bonds. The largest absolute Gasteiger partial charge is 0.459 e. The van der Waals surface area contributed by atoms with E-state index in [1.807, 2.05) is 44.2 Å². The van der Waals surface area contributed by atoms with Crippen molar-refractivity contribution in [1.29, 1.82) is 0 Å². The number of amides is 1. The maximum absolute atomic E-state index is 12.0. The molecule has 0 bridgehead atoms. The minimum absolute atomic E-state index is 0.126. The fourth-order valence-electron chi connectivity index (χ4n) is 4.10. The number of thioether (sulfide) groups is 1. The van der Waals surface area contributed by atoms with Gasteiger partial charge in [0.05, 0.1) is 30.1 Å². The Balaban J connectivity index is 1.70. The number of carbonyl (C=O) groups excluding carboxylic acids is 1. The van der Waals surface area contributed by atoms with E-state index in [2.05, 4.69) is 15.5 Å². The summed E-state index contributed by atoms with van der Waals surface area (Å²) in [6, 6.07) is 7.84. The topological polar surface area (TPSA) is 168 Å². The fraction of sp³-hybridized carbons (Fsp3) is 0.556. The molecule has 0 radical (unpaired) electrons. The van der Waals surface area contributed by atoms with Gasteiger partial charge < -0.3 is 35.6 Å². The monoisotopic (exact) mass is 549 g/mol. The van der Waals surface area contributed by atoms with Gasteiger partial charge >= 0.3 is 0 Å². The van der Waals surface area contributed by atoms with E-state index in [1.165, 1.54) is 0 Å². The van der Waals surface area contributed by atoms with Gasteiger partial charge in [-0.1, -0.05) is 50.3 Å². The van der Waals surface area contributed by atoms with E-state index in [4.69, 9.17) is 4.74 Å². The average molecular weight is 550 g/mol. The Bertz CT molecular complexity index is 1080. The Hall–Kier alpha value is -2.41. The molecule has 1 aromatic heterocycles. The van der Waals surface area contributed by atoms with Crippen molar-refractivity contribution in [2.45, 2.75) is 81.0 Å². The van der Waals surface area contributed by atoms with Crippen LogP contribution in [0.1, 0.15) is 62.4 Å². The van der Waals surface area contributed by atoms with Crippen LogP contribution in [0.4, 0.5) is 0 Å². The minimum Gasteiger partial charge on any atom is -0.459 e. The number of aliphatic hydroxyl groups excluding tert-OH is 5. The van der Waals surface area contributed by atoms with Gasteiger partial charge in [-0.05, 0) is 30.9 Å². The second-order valence-corrected chi connectivity index (χ2v) is 11.8. The second kappa shape index (κ2) is 13.1. The summed E-state index contributed by atoms with van der Waals surface area (Å²) in [4.78, 5) is 12.0. The number of aromatic amines is 1. The molecule has 2 aromatic rings. The van der Waals surface area contributed by atoms with Gasteiger partial charge in [0.1, 0.15) is 12.2 Å². The lowest BCUT2D eigenvalue weighted by Crippen LogP contribution is -2.55. The SMILES string of the molecule is CC(C)c1[nH]nc(O[C@@H]2S[C@H](CO)[C@@H](O)[C@H](O)[C@H]2O)c1Cc1ccc(/C=C/CC(=O)NC(C)(C)CO)cc1. The number of nitrogens with one attached hydrogen (secondary N) is 2. The van der Waals surface area contributed by atoms with Crippen LogP contribution in [-0.2, 0) is 11.2 Å². The van der Waals surface area contributed by atoms with Crippen molar-refractivity contribution < 1.29 is 35.1 Å². The predicted molar refractivity (Wildman–Crippen MR) is 146 cm³/mol. The zero-order valence-electron chi connectivity index (χ0n) is 22.2. The lowest BCUT2D eigenvalue weighted by Gasteiger charge is -2.38. The van der Waals surface area contributed by atoms with Crippen molar-refractivity contribution in [1.82, 2.24) is 15.5 Å². The first-order valence-electron chi connectivity index (χ1n) is 12.7. The Morgan fingerprint density at radius 2 is 1.84 bits per heavy atom. The van der Waals surface area contributed by atoms with Crippen LogP contribution < -0.4 is 10.1 Å². The third-order valence-electron chi connectivity index (χ3n) is 6.36. The molecular formula is C27H39N3O7S. The highest BCUT2D eigenvalue weighted by Crippen LogP contribution is 2.36. The van der Waals surface area contributed by atoms with Gasteiger partial charge in [0.25, 0.3) is 0 Å². The molecule has 38 heavy (non-hydrogen) atoms. The molecule has 0 spiro atoms. The highest BCUT2D eigenvalue weighted by atomic mass is 32.2. The Morgan fingerprint density at radius 1 is 1.16 bits per heavy atom. The summed E-state index contributed by atoms with van der Waals surface area (Å²) in [5.41, 5.74) is 2.06. The van der Waals surface area contributed by atoms with Gasteiger partial charge in [0.2, 0.25) is 11.8 Å². The number of hydrogen-bond acceptors (Lipinski definition) is 9. The zero-order valence-corrected chi connectivity index (χ0v) is 23.0. The summed E-state index contributed by atoms with van der Waals surface area (Å²) in [6.07, 6.45) is 0.274. The molecule has 1 aromatic carbocycles. The molecule has 7 N–H and O–H groups in total. The summed E-state index contributed by atoms with van der Waals surface area (Å²) in [5.74, 6) is 0.256. The Labute approximate surface area is 227 Å². The zero-order chi connectivity index (χ0) is 28.0. The van der Waals surface area contributed by atoms with Gasteiger partial charge in [-0.25, -0.2) is 0 Å². The van der Waals surface area contributed by atoms with E-state index < -0.39 is 34.5 Å². The number of aliphatic hydroxyl groups is 5. The van der Waals surface area contributed by atoms with Crippen molar-refractivity contribution >= 4 is 23.7 Å². The minimum atomic E-state index is -1.45. The van der Waals surface area contributed by atoms with Gasteiger partial charge in [0, 0.05) is 24.1 Å². The molecule has 11 heteroatoms. The predicted octanol–water partition coefficient (Wildman–Crippen LogP) is 1.31. The molecular weight excluding hydrogens is 510 g/mol. The summed E-state index contributed by atoms with van der Waals surface area (Å²) in [5, 5.41) is 59.0. The number of benzene rings is 1. The lowest BCUT2D eigenvalue weighted by atomic mass is 9.99. The molecule has 0 saturated carbocycles. The first-order valence-corrected chi connectivity index (χ1v) is 13.6. The third-order valence-corrected chi connectivity index (χ3v) is 7.78. The van der Waals surface area contributed by atoms with Crippen LogP contribution in [0.15, 0.2) is 30.3 Å². The first kappa shape index (κ1) is 30.1. The highest BCUT2D eigenvalue weighted by molar-refractivity contribution is 8.00. The second-order valence-electron chi connectivity index (χ2n) is 10.5. The Morgan fingerprint density at radius 3 is 2.45 bits per heavy atom. The standard InChI is InChI=1S/C27H39N3O7S/c1-15(2)21-18(25(30-29-21)37-26-24(36)23(35)22(34)19(13-31)38-26)12-17-10-8-16(9-11-17)6-5-7-20(33)28-27(3,4)14-32/h5-6,8-11,15,19,22-24,26,31-32,34-36H,7,12-14H2,1-4H3,(H,28,33)(H,29,30)/b6-5+/t19-,22-,23+,24-,26-/m1/s1. The fourth-order valence-corrected chi connectivity index (χ4v) is 5.32. The van der Waals surface area contributed by atoms with E-state index >= 15 is 0 Å². The normalized spacial score (nSPS) is 24.2. The van der Waals surface area contributed by atoms with E-state index in [9.17, 15) is 30.3 Å². The molecule has 10 nitrogen and oxygen atoms in total. The van der Waals surface area contributed by atoms with Gasteiger partial charge in [-0.3, -0.25) is 9.89 Å². The smallest absolute Gasteiger partial charge is 0.237 e. The molecule has 210 valence electrons. The van der Waals surface area contributed by atoms with E-state index in [0.29, 0.717) is 12.3 Å². The van der Waals surface area contributed by atoms with Gasteiger partial charge in [0.15, 0.2) is 5.44 Å². The van der Waals surface area contributed by atoms with Crippen molar-refractivity contribution in [3.8, 4) is 5.88 Å². The van der Waals surface area contributed by atoms with Crippen molar-refractivity contribution in [2.24, 2.45) is 0 Å². The lowest BCUT2D eigenvalue weighted by molar-refractivity contribution is -0.122. The molecule has 0 unspecified atom stereocenters. The molecule has 1 fully saturated rings. The number of ether oxygens (including phenoxy) is 1. The Kier molecular flexibility index (Phi) is 10.4. The molecule has 3 rings (SSSR count). The van der Waals surface area contributed by atoms with E-state index in [1.54, 1.807) is 19.9 Å². The molecule has 2 heterocycles. The van der Waals surface area contributed by atoms with Crippen LogP contribution in [0.5, 0.6) is 5.88 Å². The molecule has 5 atom stereocenters. The van der Waals surface area contributed by atoms with Crippen LogP contribution in [0.2, 0.25) is 0 Å². The van der Waals surface area contributed by atoms with Crippen LogP contribution in [-0.4, -0.2) is 89.4 Å². The number of rotatable bonds is 11. The van der Waals surface area contributed by atoms with Crippen molar-refractivity contribution in [3.05, 3.63) is 52.7 Å². The molecule has 1 saturated heterocycles. The first-order chi connectivity index (χ1) is 18.0. The average Bonchev–Trinajstić information content (AvgIpc) is 3.27. The maximum Gasteiger partial charge on any atom is 0.237 e. The highest BCUT2D eigenvalue weighted by Gasteiger charge is 2.44. The quantitative estimate of drug-likeness (QED) is 0.219. The number of hydrogen-bond donors (Lipinski definition) is 7.